The van der Waals surface area contributed by atoms with Gasteiger partial charge in [-0.15, -0.1) is 0 Å². The highest BCUT2D eigenvalue weighted by Gasteiger charge is 2.38. The molecule has 2 N–H and O–H groups in total. The molecule has 0 aromatic heterocycles. The van der Waals surface area contributed by atoms with E-state index in [2.05, 4.69) is 5.32 Å². The fourth-order valence-electron chi connectivity index (χ4n) is 2.48. The number of carboxylic acid groups (broad SMARTS) is 1. The highest BCUT2D eigenvalue weighted by atomic mass is 16.4. The lowest BCUT2D eigenvalue weighted by Gasteiger charge is -2.23. The summed E-state index contributed by atoms with van der Waals surface area (Å²) in [6, 6.07) is 7.89. The van der Waals surface area contributed by atoms with E-state index in [-0.39, 0.29) is 12.3 Å². The standard InChI is InChI=1S/C17H22N2O4/c1-11-4-6-12(7-5-11)9-19-10-13(8-14(19)20)15(21)18-17(2,3)16(22)23/h4-7,13H,8-10H2,1-3H3,(H,18,21)(H,22,23). The number of aliphatic carboxylic acids is 1. The van der Waals surface area contributed by atoms with Crippen LogP contribution >= 0.6 is 0 Å². The molecule has 1 aromatic rings. The van der Waals surface area contributed by atoms with Crippen molar-refractivity contribution in [2.45, 2.75) is 39.3 Å². The van der Waals surface area contributed by atoms with Gasteiger partial charge in [-0.25, -0.2) is 4.79 Å². The first kappa shape index (κ1) is 17.0. The molecule has 6 heteroatoms. The van der Waals surface area contributed by atoms with Crippen molar-refractivity contribution in [3.63, 3.8) is 0 Å². The highest BCUT2D eigenvalue weighted by molar-refractivity contribution is 5.92. The number of rotatable bonds is 5. The highest BCUT2D eigenvalue weighted by Crippen LogP contribution is 2.21. The molecule has 0 spiro atoms. The van der Waals surface area contributed by atoms with E-state index in [9.17, 15) is 14.4 Å². The Hall–Kier alpha value is -2.37. The van der Waals surface area contributed by atoms with Crippen LogP contribution in [0.4, 0.5) is 0 Å². The molecule has 1 fully saturated rings. The largest absolute Gasteiger partial charge is 0.480 e. The summed E-state index contributed by atoms with van der Waals surface area (Å²) in [7, 11) is 0. The Bertz CT molecular complexity index is 622. The van der Waals surface area contributed by atoms with Crippen LogP contribution in [0.25, 0.3) is 0 Å². The molecule has 2 amide bonds. The maximum absolute atomic E-state index is 12.2. The molecule has 1 unspecified atom stereocenters. The van der Waals surface area contributed by atoms with Gasteiger partial charge in [0.05, 0.1) is 5.92 Å². The van der Waals surface area contributed by atoms with Crippen LogP contribution in [0.2, 0.25) is 0 Å². The topological polar surface area (TPSA) is 86.7 Å². The summed E-state index contributed by atoms with van der Waals surface area (Å²) in [5.74, 6) is -2.09. The number of hydrogen-bond donors (Lipinski definition) is 2. The number of hydrogen-bond acceptors (Lipinski definition) is 3. The van der Waals surface area contributed by atoms with Crippen LogP contribution in [0.3, 0.4) is 0 Å². The molecule has 1 heterocycles. The molecular formula is C17H22N2O4. The molecule has 1 saturated heterocycles. The fraction of sp³-hybridized carbons (Fsp3) is 0.471. The summed E-state index contributed by atoms with van der Waals surface area (Å²) in [6.07, 6.45) is 0.118. The Labute approximate surface area is 135 Å². The molecule has 1 atom stereocenters. The first-order chi connectivity index (χ1) is 10.7. The third-order valence-corrected chi connectivity index (χ3v) is 4.05. The van der Waals surface area contributed by atoms with Gasteiger partial charge >= 0.3 is 5.97 Å². The zero-order chi connectivity index (χ0) is 17.2. The summed E-state index contributed by atoms with van der Waals surface area (Å²) >= 11 is 0. The molecule has 23 heavy (non-hydrogen) atoms. The maximum Gasteiger partial charge on any atom is 0.328 e. The number of benzene rings is 1. The molecule has 6 nitrogen and oxygen atoms in total. The average Bonchev–Trinajstić information content (AvgIpc) is 2.82. The van der Waals surface area contributed by atoms with Crippen molar-refractivity contribution in [1.29, 1.82) is 0 Å². The number of carboxylic acids is 1. The molecule has 2 rings (SSSR count). The fourth-order valence-corrected chi connectivity index (χ4v) is 2.48. The van der Waals surface area contributed by atoms with Gasteiger partial charge in [0.2, 0.25) is 11.8 Å². The summed E-state index contributed by atoms with van der Waals surface area (Å²) in [6.45, 7) is 5.62. The molecule has 0 bridgehead atoms. The van der Waals surface area contributed by atoms with Gasteiger partial charge in [-0.05, 0) is 26.3 Å². The van der Waals surface area contributed by atoms with Crippen molar-refractivity contribution >= 4 is 17.8 Å². The number of aryl methyl sites for hydroxylation is 1. The lowest BCUT2D eigenvalue weighted by molar-refractivity contribution is -0.146. The van der Waals surface area contributed by atoms with Gasteiger partial charge in [0, 0.05) is 19.5 Å². The second-order valence-corrected chi connectivity index (χ2v) is 6.58. The maximum atomic E-state index is 12.2. The van der Waals surface area contributed by atoms with Crippen molar-refractivity contribution in [3.8, 4) is 0 Å². The Morgan fingerprint density at radius 1 is 1.30 bits per heavy atom. The summed E-state index contributed by atoms with van der Waals surface area (Å²) in [5, 5.41) is 11.6. The van der Waals surface area contributed by atoms with E-state index in [0.717, 1.165) is 11.1 Å². The third-order valence-electron chi connectivity index (χ3n) is 4.05. The van der Waals surface area contributed by atoms with Crippen LogP contribution in [0.1, 0.15) is 31.4 Å². The second-order valence-electron chi connectivity index (χ2n) is 6.58. The van der Waals surface area contributed by atoms with Crippen molar-refractivity contribution < 1.29 is 19.5 Å². The van der Waals surface area contributed by atoms with Crippen molar-refractivity contribution in [2.75, 3.05) is 6.54 Å². The Morgan fingerprint density at radius 2 is 1.91 bits per heavy atom. The van der Waals surface area contributed by atoms with Crippen molar-refractivity contribution in [2.24, 2.45) is 5.92 Å². The first-order valence-electron chi connectivity index (χ1n) is 7.58. The van der Waals surface area contributed by atoms with Gasteiger partial charge in [0.1, 0.15) is 5.54 Å². The quantitative estimate of drug-likeness (QED) is 0.857. The minimum atomic E-state index is -1.34. The lowest BCUT2D eigenvalue weighted by atomic mass is 10.0. The van der Waals surface area contributed by atoms with E-state index in [1.165, 1.54) is 13.8 Å². The van der Waals surface area contributed by atoms with E-state index in [1.807, 2.05) is 31.2 Å². The van der Waals surface area contributed by atoms with Gasteiger partial charge in [0.15, 0.2) is 0 Å². The Kier molecular flexibility index (Phi) is 4.73. The number of carbonyl (C=O) groups excluding carboxylic acids is 2. The predicted octanol–water partition coefficient (Wildman–Crippen LogP) is 1.32. The van der Waals surface area contributed by atoms with Crippen molar-refractivity contribution in [1.82, 2.24) is 10.2 Å². The van der Waals surface area contributed by atoms with Gasteiger partial charge in [-0.3, -0.25) is 9.59 Å². The van der Waals surface area contributed by atoms with E-state index in [1.54, 1.807) is 4.90 Å². The van der Waals surface area contributed by atoms with Gasteiger partial charge in [0.25, 0.3) is 0 Å². The van der Waals surface area contributed by atoms with Crippen LogP contribution in [0.15, 0.2) is 24.3 Å². The van der Waals surface area contributed by atoms with Gasteiger partial charge in [-0.2, -0.15) is 0 Å². The van der Waals surface area contributed by atoms with E-state index >= 15 is 0 Å². The third kappa shape index (κ3) is 4.09. The summed E-state index contributed by atoms with van der Waals surface area (Å²) < 4.78 is 0. The zero-order valence-corrected chi connectivity index (χ0v) is 13.6. The normalized spacial score (nSPS) is 18.1. The monoisotopic (exact) mass is 318 g/mol. The molecule has 1 aliphatic rings. The molecule has 124 valence electrons. The molecular weight excluding hydrogens is 296 g/mol. The average molecular weight is 318 g/mol. The SMILES string of the molecule is Cc1ccc(CN2CC(C(=O)NC(C)(C)C(=O)O)CC2=O)cc1. The molecule has 1 aromatic carbocycles. The number of nitrogens with zero attached hydrogens (tertiary/aromatic N) is 1. The molecule has 0 aliphatic carbocycles. The van der Waals surface area contributed by atoms with Crippen LogP contribution in [0, 0.1) is 12.8 Å². The Balaban J connectivity index is 1.98. The zero-order valence-electron chi connectivity index (χ0n) is 13.6. The van der Waals surface area contributed by atoms with Gasteiger partial charge < -0.3 is 15.3 Å². The van der Waals surface area contributed by atoms with Crippen LogP contribution in [-0.4, -0.2) is 39.9 Å². The Morgan fingerprint density at radius 3 is 2.48 bits per heavy atom. The van der Waals surface area contributed by atoms with Crippen molar-refractivity contribution in [3.05, 3.63) is 35.4 Å². The second kappa shape index (κ2) is 6.40. The summed E-state index contributed by atoms with van der Waals surface area (Å²) in [4.78, 5) is 37.0. The van der Waals surface area contributed by atoms with E-state index in [0.29, 0.717) is 13.1 Å². The van der Waals surface area contributed by atoms with Crippen LogP contribution < -0.4 is 5.32 Å². The van der Waals surface area contributed by atoms with E-state index < -0.39 is 23.3 Å². The van der Waals surface area contributed by atoms with Crippen LogP contribution in [0.5, 0.6) is 0 Å². The number of carbonyl (C=O) groups is 3. The summed E-state index contributed by atoms with van der Waals surface area (Å²) in [5.41, 5.74) is 0.815. The smallest absolute Gasteiger partial charge is 0.328 e. The number of nitrogens with one attached hydrogen (secondary N) is 1. The molecule has 0 saturated carbocycles. The lowest BCUT2D eigenvalue weighted by Crippen LogP contribution is -2.51. The molecule has 1 aliphatic heterocycles. The van der Waals surface area contributed by atoms with Gasteiger partial charge in [-0.1, -0.05) is 29.8 Å². The number of likely N-dealkylation sites (tertiary alicyclic amines) is 1. The number of amides is 2. The minimum Gasteiger partial charge on any atom is -0.480 e. The predicted molar refractivity (Wildman–Crippen MR) is 84.6 cm³/mol. The van der Waals surface area contributed by atoms with E-state index in [4.69, 9.17) is 5.11 Å². The first-order valence-corrected chi connectivity index (χ1v) is 7.58. The minimum absolute atomic E-state index is 0.0844. The molecule has 0 radical (unpaired) electrons. The van der Waals surface area contributed by atoms with Crippen LogP contribution in [-0.2, 0) is 20.9 Å².